The van der Waals surface area contributed by atoms with Gasteiger partial charge < -0.3 is 20.5 Å². The van der Waals surface area contributed by atoms with Gasteiger partial charge in [0.15, 0.2) is 0 Å². The number of carbonyl (C=O) groups excluding carboxylic acids is 1. The minimum absolute atomic E-state index is 0.0570. The number of carbonyl (C=O) groups is 1. The van der Waals surface area contributed by atoms with E-state index >= 15 is 0 Å². The summed E-state index contributed by atoms with van der Waals surface area (Å²) in [5.74, 6) is 0.447. The number of rotatable bonds is 5. The lowest BCUT2D eigenvalue weighted by molar-refractivity contribution is -0.114. The normalized spacial score (nSPS) is 9.69. The van der Waals surface area contributed by atoms with Gasteiger partial charge in [0.1, 0.15) is 5.75 Å². The zero-order valence-corrected chi connectivity index (χ0v) is 9.41. The Hall–Kier alpha value is -1.75. The van der Waals surface area contributed by atoms with Crippen LogP contribution in [0.15, 0.2) is 18.2 Å². The van der Waals surface area contributed by atoms with Crippen molar-refractivity contribution in [3.63, 3.8) is 0 Å². The maximum Gasteiger partial charge on any atom is 0.221 e. The molecule has 0 aromatic heterocycles. The Morgan fingerprint density at radius 1 is 1.50 bits per heavy atom. The predicted octanol–water partition coefficient (Wildman–Crippen LogP) is 1.06. The van der Waals surface area contributed by atoms with E-state index in [4.69, 9.17) is 9.84 Å². The van der Waals surface area contributed by atoms with Crippen LogP contribution >= 0.6 is 0 Å². The summed E-state index contributed by atoms with van der Waals surface area (Å²) >= 11 is 0. The smallest absolute Gasteiger partial charge is 0.221 e. The molecule has 0 unspecified atom stereocenters. The molecule has 88 valence electrons. The van der Waals surface area contributed by atoms with Crippen molar-refractivity contribution < 1.29 is 14.6 Å². The van der Waals surface area contributed by atoms with Gasteiger partial charge >= 0.3 is 0 Å². The second-order valence-electron chi connectivity index (χ2n) is 3.25. The third-order valence-electron chi connectivity index (χ3n) is 1.95. The molecule has 0 radical (unpaired) electrons. The van der Waals surface area contributed by atoms with Gasteiger partial charge in [-0.05, 0) is 18.2 Å². The van der Waals surface area contributed by atoms with Crippen LogP contribution in [0.1, 0.15) is 6.92 Å². The first-order valence-electron chi connectivity index (χ1n) is 4.97. The summed E-state index contributed by atoms with van der Waals surface area (Å²) in [6, 6.07) is 5.33. The summed E-state index contributed by atoms with van der Waals surface area (Å²) in [5, 5.41) is 14.4. The third-order valence-corrected chi connectivity index (χ3v) is 1.95. The molecule has 1 aromatic carbocycles. The first-order chi connectivity index (χ1) is 7.67. The lowest BCUT2D eigenvalue weighted by Gasteiger charge is -2.11. The van der Waals surface area contributed by atoms with Gasteiger partial charge in [-0.25, -0.2) is 0 Å². The Bertz CT molecular complexity index is 366. The summed E-state index contributed by atoms with van der Waals surface area (Å²) in [6.07, 6.45) is 0. The standard InChI is InChI=1S/C11H16N2O3/c1-8(15)13-10-7-9(12-5-6-14)3-4-11(10)16-2/h3-4,7,12,14H,5-6H2,1-2H3,(H,13,15). The Morgan fingerprint density at radius 2 is 2.25 bits per heavy atom. The number of anilines is 2. The molecule has 3 N–H and O–H groups in total. The lowest BCUT2D eigenvalue weighted by Crippen LogP contribution is -2.09. The molecule has 0 fully saturated rings. The van der Waals surface area contributed by atoms with Crippen molar-refractivity contribution in [1.29, 1.82) is 0 Å². The van der Waals surface area contributed by atoms with E-state index in [0.717, 1.165) is 5.69 Å². The van der Waals surface area contributed by atoms with E-state index in [1.54, 1.807) is 19.2 Å². The fourth-order valence-corrected chi connectivity index (χ4v) is 1.31. The number of ether oxygens (including phenoxy) is 1. The minimum atomic E-state index is -0.155. The second kappa shape index (κ2) is 5.97. The summed E-state index contributed by atoms with van der Waals surface area (Å²) in [7, 11) is 1.54. The second-order valence-corrected chi connectivity index (χ2v) is 3.25. The van der Waals surface area contributed by atoms with E-state index in [0.29, 0.717) is 18.0 Å². The van der Waals surface area contributed by atoms with Crippen LogP contribution < -0.4 is 15.4 Å². The quantitative estimate of drug-likeness (QED) is 0.699. The molecular weight excluding hydrogens is 208 g/mol. The van der Waals surface area contributed by atoms with Gasteiger partial charge in [-0.3, -0.25) is 4.79 Å². The van der Waals surface area contributed by atoms with Crippen molar-refractivity contribution >= 4 is 17.3 Å². The number of aliphatic hydroxyl groups excluding tert-OH is 1. The van der Waals surface area contributed by atoms with Crippen LogP contribution in [-0.2, 0) is 4.79 Å². The fourth-order valence-electron chi connectivity index (χ4n) is 1.31. The van der Waals surface area contributed by atoms with Crippen molar-refractivity contribution in [1.82, 2.24) is 0 Å². The van der Waals surface area contributed by atoms with Gasteiger partial charge in [0.25, 0.3) is 0 Å². The van der Waals surface area contributed by atoms with E-state index in [2.05, 4.69) is 10.6 Å². The molecule has 0 heterocycles. The topological polar surface area (TPSA) is 70.6 Å². The molecule has 1 amide bonds. The Kier molecular flexibility index (Phi) is 4.60. The van der Waals surface area contributed by atoms with Crippen LogP contribution in [0.5, 0.6) is 5.75 Å². The van der Waals surface area contributed by atoms with Crippen molar-refractivity contribution in [2.24, 2.45) is 0 Å². The summed E-state index contributed by atoms with van der Waals surface area (Å²) in [5.41, 5.74) is 1.43. The molecule has 0 atom stereocenters. The maximum absolute atomic E-state index is 11.0. The van der Waals surface area contributed by atoms with Crippen LogP contribution in [0.25, 0.3) is 0 Å². The molecule has 0 saturated heterocycles. The first-order valence-corrected chi connectivity index (χ1v) is 4.97. The third kappa shape index (κ3) is 3.43. The van der Waals surface area contributed by atoms with E-state index in [-0.39, 0.29) is 12.5 Å². The summed E-state index contributed by atoms with van der Waals surface area (Å²) in [6.45, 7) is 1.96. The zero-order chi connectivity index (χ0) is 12.0. The molecule has 0 bridgehead atoms. The maximum atomic E-state index is 11.0. The van der Waals surface area contributed by atoms with Crippen LogP contribution in [0.4, 0.5) is 11.4 Å². The van der Waals surface area contributed by atoms with E-state index in [1.807, 2.05) is 6.07 Å². The molecule has 0 spiro atoms. The average molecular weight is 224 g/mol. The van der Waals surface area contributed by atoms with Gasteiger partial charge in [-0.2, -0.15) is 0 Å². The fraction of sp³-hybridized carbons (Fsp3) is 0.364. The molecule has 5 heteroatoms. The first kappa shape index (κ1) is 12.3. The number of nitrogens with one attached hydrogen (secondary N) is 2. The summed E-state index contributed by atoms with van der Waals surface area (Å²) < 4.78 is 5.11. The molecule has 0 aliphatic rings. The van der Waals surface area contributed by atoms with Gasteiger partial charge in [0, 0.05) is 19.2 Å². The molecule has 0 aliphatic heterocycles. The number of hydrogen-bond acceptors (Lipinski definition) is 4. The largest absolute Gasteiger partial charge is 0.495 e. The molecule has 16 heavy (non-hydrogen) atoms. The van der Waals surface area contributed by atoms with Crippen LogP contribution in [0, 0.1) is 0 Å². The zero-order valence-electron chi connectivity index (χ0n) is 9.41. The molecule has 1 rings (SSSR count). The molecule has 1 aromatic rings. The van der Waals surface area contributed by atoms with Crippen molar-refractivity contribution in [2.45, 2.75) is 6.92 Å². The van der Waals surface area contributed by atoms with Gasteiger partial charge in [-0.15, -0.1) is 0 Å². The molecule has 0 aliphatic carbocycles. The lowest BCUT2D eigenvalue weighted by atomic mass is 10.2. The number of methoxy groups -OCH3 is 1. The van der Waals surface area contributed by atoms with Crippen molar-refractivity contribution in [2.75, 3.05) is 30.9 Å². The highest BCUT2D eigenvalue weighted by molar-refractivity contribution is 5.91. The SMILES string of the molecule is COc1ccc(NCCO)cc1NC(C)=O. The molecule has 5 nitrogen and oxygen atoms in total. The molecule has 0 saturated carbocycles. The highest BCUT2D eigenvalue weighted by atomic mass is 16.5. The number of amides is 1. The van der Waals surface area contributed by atoms with Gasteiger partial charge in [0.05, 0.1) is 19.4 Å². The molecular formula is C11H16N2O3. The summed E-state index contributed by atoms with van der Waals surface area (Å²) in [4.78, 5) is 11.0. The van der Waals surface area contributed by atoms with Crippen LogP contribution in [0.3, 0.4) is 0 Å². The number of hydrogen-bond donors (Lipinski definition) is 3. The number of aliphatic hydroxyl groups is 1. The Balaban J connectivity index is 2.87. The van der Waals surface area contributed by atoms with Crippen molar-refractivity contribution in [3.05, 3.63) is 18.2 Å². The monoisotopic (exact) mass is 224 g/mol. The predicted molar refractivity (Wildman–Crippen MR) is 62.9 cm³/mol. The Morgan fingerprint density at radius 3 is 2.81 bits per heavy atom. The van der Waals surface area contributed by atoms with Gasteiger partial charge in [0.2, 0.25) is 5.91 Å². The highest BCUT2D eigenvalue weighted by Crippen LogP contribution is 2.27. The van der Waals surface area contributed by atoms with Crippen molar-refractivity contribution in [3.8, 4) is 5.75 Å². The van der Waals surface area contributed by atoms with E-state index in [9.17, 15) is 4.79 Å². The van der Waals surface area contributed by atoms with E-state index < -0.39 is 0 Å². The van der Waals surface area contributed by atoms with Crippen LogP contribution in [-0.4, -0.2) is 31.3 Å². The number of benzene rings is 1. The minimum Gasteiger partial charge on any atom is -0.495 e. The van der Waals surface area contributed by atoms with Gasteiger partial charge in [-0.1, -0.05) is 0 Å². The van der Waals surface area contributed by atoms with Crippen LogP contribution in [0.2, 0.25) is 0 Å². The highest BCUT2D eigenvalue weighted by Gasteiger charge is 2.05. The van der Waals surface area contributed by atoms with E-state index in [1.165, 1.54) is 6.92 Å². The Labute approximate surface area is 94.4 Å². The average Bonchev–Trinajstić information content (AvgIpc) is 2.26.